The van der Waals surface area contributed by atoms with Crippen LogP contribution in [0.25, 0.3) is 0 Å². The van der Waals surface area contributed by atoms with Crippen LogP contribution < -0.4 is 5.73 Å². The Kier molecular flexibility index (Phi) is 9.97. The van der Waals surface area contributed by atoms with Crippen molar-refractivity contribution in [3.05, 3.63) is 0 Å². The van der Waals surface area contributed by atoms with Crippen molar-refractivity contribution < 1.29 is 19.1 Å². The van der Waals surface area contributed by atoms with E-state index in [1.165, 1.54) is 0 Å². The topological polar surface area (TPSA) is 81.9 Å². The minimum Gasteiger partial charge on any atom is -0.443 e. The van der Waals surface area contributed by atoms with E-state index in [4.69, 9.17) is 15.2 Å². The first-order valence-electron chi connectivity index (χ1n) is 9.02. The Hall–Kier alpha value is -1.30. The Balaban J connectivity index is 4.87. The molecular weight excluding hydrogens is 308 g/mol. The van der Waals surface area contributed by atoms with E-state index in [1.54, 1.807) is 0 Å². The summed E-state index contributed by atoms with van der Waals surface area (Å²) in [5.74, 6) is 0. The predicted octanol–water partition coefficient (Wildman–Crippen LogP) is 4.46. The molecule has 6 nitrogen and oxygen atoms in total. The number of hydrogen-bond donors (Lipinski definition) is 1. The number of carbonyl (C=O) groups excluding carboxylic acids is 2. The van der Waals surface area contributed by atoms with Gasteiger partial charge in [-0.3, -0.25) is 0 Å². The molecule has 0 aliphatic heterocycles. The van der Waals surface area contributed by atoms with Crippen molar-refractivity contribution >= 4 is 12.2 Å². The highest BCUT2D eigenvalue weighted by Crippen LogP contribution is 2.19. The zero-order valence-electron chi connectivity index (χ0n) is 16.3. The number of unbranched alkanes of at least 4 members (excludes halogenated alkanes) is 3. The number of rotatable bonds is 10. The van der Waals surface area contributed by atoms with Crippen LogP contribution in [0, 0.1) is 0 Å². The van der Waals surface area contributed by atoms with Gasteiger partial charge in [0.1, 0.15) is 11.2 Å². The molecule has 0 fully saturated rings. The third kappa shape index (κ3) is 9.11. The molecule has 0 aromatic heterocycles. The van der Waals surface area contributed by atoms with Gasteiger partial charge in [-0.15, -0.1) is 0 Å². The molecule has 0 heterocycles. The van der Waals surface area contributed by atoms with Gasteiger partial charge in [-0.05, 0) is 59.9 Å². The minimum absolute atomic E-state index is 0.293. The molecule has 6 heteroatoms. The predicted molar refractivity (Wildman–Crippen MR) is 95.9 cm³/mol. The highest BCUT2D eigenvalue weighted by Gasteiger charge is 2.32. The van der Waals surface area contributed by atoms with Crippen molar-refractivity contribution in [1.29, 1.82) is 0 Å². The maximum atomic E-state index is 12.4. The molecule has 0 saturated carbocycles. The van der Waals surface area contributed by atoms with Crippen LogP contribution in [0.1, 0.15) is 80.1 Å². The van der Waals surface area contributed by atoms with Gasteiger partial charge in [0.05, 0.1) is 0 Å². The molecule has 142 valence electrons. The Morgan fingerprint density at radius 1 is 0.833 bits per heavy atom. The van der Waals surface area contributed by atoms with Gasteiger partial charge in [0.25, 0.3) is 0 Å². The Morgan fingerprint density at radius 3 is 1.62 bits per heavy atom. The number of hydrogen-bond acceptors (Lipinski definition) is 5. The first-order valence-corrected chi connectivity index (χ1v) is 9.02. The molecule has 0 atom stereocenters. The lowest BCUT2D eigenvalue weighted by Crippen LogP contribution is -2.45. The van der Waals surface area contributed by atoms with E-state index < -0.39 is 23.4 Å². The molecule has 0 radical (unpaired) electrons. The maximum absolute atomic E-state index is 12.4. The Morgan fingerprint density at radius 2 is 1.25 bits per heavy atom. The van der Waals surface area contributed by atoms with Crippen LogP contribution in [0.5, 0.6) is 0 Å². The van der Waals surface area contributed by atoms with Crippen LogP contribution in [-0.2, 0) is 9.47 Å². The van der Waals surface area contributed by atoms with Gasteiger partial charge in [-0.2, -0.15) is 0 Å². The minimum atomic E-state index is -0.641. The molecule has 2 amide bonds. The fourth-order valence-electron chi connectivity index (χ4n) is 1.75. The third-order valence-corrected chi connectivity index (χ3v) is 4.21. The smallest absolute Gasteiger partial charge is 0.419 e. The lowest BCUT2D eigenvalue weighted by molar-refractivity contribution is -0.0114. The van der Waals surface area contributed by atoms with Crippen molar-refractivity contribution in [1.82, 2.24) is 4.90 Å². The Bertz CT molecular complexity index is 364. The average Bonchev–Trinajstić information content (AvgIpc) is 2.49. The van der Waals surface area contributed by atoms with E-state index in [9.17, 15) is 9.59 Å². The van der Waals surface area contributed by atoms with E-state index in [0.717, 1.165) is 24.2 Å². The van der Waals surface area contributed by atoms with E-state index in [2.05, 4.69) is 0 Å². The summed E-state index contributed by atoms with van der Waals surface area (Å²) in [6.45, 7) is 12.1. The van der Waals surface area contributed by atoms with Gasteiger partial charge >= 0.3 is 12.2 Å². The van der Waals surface area contributed by atoms with Crippen molar-refractivity contribution in [2.75, 3.05) is 13.1 Å². The summed E-state index contributed by atoms with van der Waals surface area (Å²) in [6.07, 6.45) is 3.59. The number of carbonyl (C=O) groups is 2. The molecule has 0 bridgehead atoms. The molecule has 0 aliphatic rings. The van der Waals surface area contributed by atoms with Gasteiger partial charge in [0.2, 0.25) is 0 Å². The molecule has 0 unspecified atom stereocenters. The highest BCUT2D eigenvalue weighted by atomic mass is 16.6. The van der Waals surface area contributed by atoms with E-state index in [-0.39, 0.29) is 0 Å². The zero-order valence-corrected chi connectivity index (χ0v) is 16.3. The number of imide groups is 1. The second-order valence-corrected chi connectivity index (χ2v) is 7.32. The molecule has 0 saturated heterocycles. The standard InChI is InChI=1S/C18H36N2O4/c1-7-17(3,4)23-15(21)20(14-12-10-9-11-13-19)16(22)24-18(5,6)8-2/h7-14,19H2,1-6H3. The fraction of sp³-hybridized carbons (Fsp3) is 0.889. The fourth-order valence-corrected chi connectivity index (χ4v) is 1.75. The molecule has 0 rings (SSSR count). The van der Waals surface area contributed by atoms with E-state index in [1.807, 2.05) is 41.5 Å². The summed E-state index contributed by atoms with van der Waals surface area (Å²) in [5.41, 5.74) is 4.25. The second-order valence-electron chi connectivity index (χ2n) is 7.32. The molecule has 0 spiro atoms. The average molecular weight is 344 g/mol. The second kappa shape index (κ2) is 10.5. The lowest BCUT2D eigenvalue weighted by atomic mass is 10.1. The largest absolute Gasteiger partial charge is 0.443 e. The van der Waals surface area contributed by atoms with Gasteiger partial charge < -0.3 is 15.2 Å². The van der Waals surface area contributed by atoms with Gasteiger partial charge in [-0.1, -0.05) is 26.7 Å². The van der Waals surface area contributed by atoms with Crippen LogP contribution in [0.2, 0.25) is 0 Å². The summed E-state index contributed by atoms with van der Waals surface area (Å²) in [5, 5.41) is 0. The van der Waals surface area contributed by atoms with E-state index >= 15 is 0 Å². The molecular formula is C18H36N2O4. The van der Waals surface area contributed by atoms with Crippen LogP contribution >= 0.6 is 0 Å². The van der Waals surface area contributed by atoms with Crippen molar-refractivity contribution in [2.45, 2.75) is 91.3 Å². The molecule has 0 aliphatic carbocycles. The number of nitrogens with two attached hydrogens (primary N) is 1. The van der Waals surface area contributed by atoms with Crippen molar-refractivity contribution in [3.8, 4) is 0 Å². The molecule has 24 heavy (non-hydrogen) atoms. The first kappa shape index (κ1) is 22.7. The number of ether oxygens (including phenoxy) is 2. The third-order valence-electron chi connectivity index (χ3n) is 4.21. The highest BCUT2D eigenvalue weighted by molar-refractivity contribution is 5.88. The molecule has 0 aromatic rings. The summed E-state index contributed by atoms with van der Waals surface area (Å²) in [7, 11) is 0. The monoisotopic (exact) mass is 344 g/mol. The molecule has 2 N–H and O–H groups in total. The number of amides is 2. The van der Waals surface area contributed by atoms with Gasteiger partial charge in [-0.25, -0.2) is 14.5 Å². The first-order chi connectivity index (χ1) is 11.1. The van der Waals surface area contributed by atoms with Crippen LogP contribution in [0.15, 0.2) is 0 Å². The zero-order chi connectivity index (χ0) is 18.8. The van der Waals surface area contributed by atoms with Gasteiger partial charge in [0, 0.05) is 6.54 Å². The summed E-state index contributed by atoms with van der Waals surface area (Å²) < 4.78 is 10.9. The van der Waals surface area contributed by atoms with Gasteiger partial charge in [0.15, 0.2) is 0 Å². The summed E-state index contributed by atoms with van der Waals surface area (Å²) in [4.78, 5) is 26.0. The SMILES string of the molecule is CCC(C)(C)OC(=O)N(CCCCCCN)C(=O)OC(C)(C)CC. The van der Waals surface area contributed by atoms with Crippen molar-refractivity contribution in [3.63, 3.8) is 0 Å². The van der Waals surface area contributed by atoms with Crippen molar-refractivity contribution in [2.24, 2.45) is 5.73 Å². The Labute approximate surface area is 147 Å². The van der Waals surface area contributed by atoms with Crippen LogP contribution in [-0.4, -0.2) is 41.4 Å². The quantitative estimate of drug-likeness (QED) is 0.592. The lowest BCUT2D eigenvalue weighted by Gasteiger charge is -2.30. The van der Waals surface area contributed by atoms with E-state index in [0.29, 0.717) is 32.4 Å². The van der Waals surface area contributed by atoms with Crippen LogP contribution in [0.4, 0.5) is 9.59 Å². The molecule has 0 aromatic carbocycles. The summed E-state index contributed by atoms with van der Waals surface area (Å²) >= 11 is 0. The summed E-state index contributed by atoms with van der Waals surface area (Å²) in [6, 6.07) is 0. The number of nitrogens with zero attached hydrogens (tertiary/aromatic N) is 1. The normalized spacial score (nSPS) is 12.0. The van der Waals surface area contributed by atoms with Crippen LogP contribution in [0.3, 0.4) is 0 Å². The maximum Gasteiger partial charge on any atom is 0.419 e.